The third-order valence-electron chi connectivity index (χ3n) is 7.00. The van der Waals surface area contributed by atoms with Gasteiger partial charge < -0.3 is 14.6 Å². The third-order valence-corrected chi connectivity index (χ3v) is 7.00. The number of halogens is 3. The van der Waals surface area contributed by atoms with Gasteiger partial charge in [-0.1, -0.05) is 72.8 Å². The van der Waals surface area contributed by atoms with Gasteiger partial charge >= 0.3 is 18.1 Å². The number of esters is 1. The maximum Gasteiger partial charge on any atom is 0.418 e. The molecule has 4 aromatic carbocycles. The van der Waals surface area contributed by atoms with Crippen molar-refractivity contribution < 1.29 is 37.3 Å². The Labute approximate surface area is 256 Å². The molecule has 0 aliphatic heterocycles. The van der Waals surface area contributed by atoms with E-state index in [2.05, 4.69) is 4.98 Å². The molecule has 0 saturated heterocycles. The second kappa shape index (κ2) is 13.3. The van der Waals surface area contributed by atoms with Gasteiger partial charge in [-0.25, -0.2) is 0 Å². The normalized spacial score (nSPS) is 11.2. The minimum Gasteiger partial charge on any atom is -0.489 e. The van der Waals surface area contributed by atoms with Gasteiger partial charge in [0, 0.05) is 17.1 Å². The Hall–Kier alpha value is -5.69. The average molecular weight is 611 g/mol. The molecule has 226 valence electrons. The first-order valence-electron chi connectivity index (χ1n) is 13.8. The number of alkyl halides is 3. The lowest BCUT2D eigenvalue weighted by Crippen LogP contribution is -2.08. The number of hydrogen-bond donors (Lipinski definition) is 1. The van der Waals surface area contributed by atoms with Gasteiger partial charge in [0.15, 0.2) is 0 Å². The lowest BCUT2D eigenvalue weighted by atomic mass is 9.95. The van der Waals surface area contributed by atoms with E-state index in [1.807, 2.05) is 18.2 Å². The van der Waals surface area contributed by atoms with Crippen LogP contribution < -0.4 is 4.74 Å². The highest BCUT2D eigenvalue weighted by molar-refractivity contribution is 5.98. The highest BCUT2D eigenvalue weighted by atomic mass is 19.4. The molecule has 0 saturated carbocycles. The minimum absolute atomic E-state index is 0.0669. The molecule has 0 spiro atoms. The summed E-state index contributed by atoms with van der Waals surface area (Å²) < 4.78 is 52.2. The Kier molecular flexibility index (Phi) is 9.09. The van der Waals surface area contributed by atoms with Crippen molar-refractivity contribution in [3.05, 3.63) is 131 Å². The molecular weight excluding hydrogens is 585 g/mol. The highest BCUT2D eigenvalue weighted by Crippen LogP contribution is 2.39. The molecule has 0 aliphatic carbocycles. The molecule has 1 N–H and O–H groups in total. The fourth-order valence-electron chi connectivity index (χ4n) is 4.82. The second-order valence-corrected chi connectivity index (χ2v) is 10.2. The summed E-state index contributed by atoms with van der Waals surface area (Å²) in [6, 6.07) is 26.6. The first kappa shape index (κ1) is 30.8. The molecule has 0 atom stereocenters. The van der Waals surface area contributed by atoms with Crippen molar-refractivity contribution in [2.75, 3.05) is 0 Å². The fourth-order valence-corrected chi connectivity index (χ4v) is 4.82. The number of nitriles is 1. The zero-order valence-corrected chi connectivity index (χ0v) is 23.7. The number of ether oxygens (including phenoxy) is 2. The number of nitrogens with zero attached hydrogens (tertiary/aromatic N) is 2. The Balaban J connectivity index is 1.22. The molecule has 0 radical (unpaired) electrons. The molecule has 0 aliphatic rings. The van der Waals surface area contributed by atoms with Crippen LogP contribution in [0.25, 0.3) is 22.0 Å². The van der Waals surface area contributed by atoms with Crippen molar-refractivity contribution >= 4 is 22.8 Å². The Morgan fingerprint density at radius 2 is 1.44 bits per heavy atom. The van der Waals surface area contributed by atoms with Crippen molar-refractivity contribution in [3.63, 3.8) is 0 Å². The van der Waals surface area contributed by atoms with Crippen LogP contribution >= 0.6 is 0 Å². The summed E-state index contributed by atoms with van der Waals surface area (Å²) in [5.74, 6) is -0.871. The Morgan fingerprint density at radius 3 is 2.09 bits per heavy atom. The van der Waals surface area contributed by atoms with Crippen LogP contribution in [0.15, 0.2) is 97.2 Å². The zero-order valence-electron chi connectivity index (χ0n) is 23.7. The SMILES string of the molecule is N#Cc1cnc2c(C(F)(F)F)cccc2c1-c1cccc(OCc2ccc(CC(=O)OCc3ccc(CC(=O)O)cc3)cc2)c1. The van der Waals surface area contributed by atoms with E-state index in [0.29, 0.717) is 22.4 Å². The lowest BCUT2D eigenvalue weighted by molar-refractivity contribution is -0.144. The number of carboxylic acid groups (broad SMARTS) is 1. The van der Waals surface area contributed by atoms with Gasteiger partial charge in [0.2, 0.25) is 0 Å². The predicted octanol–water partition coefficient (Wildman–Crippen LogP) is 7.28. The molecule has 0 fully saturated rings. The number of pyridine rings is 1. The average Bonchev–Trinajstić information content (AvgIpc) is 3.02. The zero-order chi connectivity index (χ0) is 32.0. The number of carbonyl (C=O) groups excluding carboxylic acids is 1. The van der Waals surface area contributed by atoms with E-state index in [0.717, 1.165) is 29.0 Å². The summed E-state index contributed by atoms with van der Waals surface area (Å²) in [6.07, 6.45) is -3.46. The molecule has 45 heavy (non-hydrogen) atoms. The monoisotopic (exact) mass is 610 g/mol. The smallest absolute Gasteiger partial charge is 0.418 e. The van der Waals surface area contributed by atoms with Crippen LogP contribution in [0.5, 0.6) is 5.75 Å². The van der Waals surface area contributed by atoms with E-state index in [4.69, 9.17) is 14.6 Å². The number of aromatic nitrogens is 1. The molecule has 5 rings (SSSR count). The molecule has 5 aromatic rings. The number of carbonyl (C=O) groups is 2. The topological polar surface area (TPSA) is 110 Å². The third kappa shape index (κ3) is 7.64. The van der Waals surface area contributed by atoms with Gasteiger partial charge in [-0.2, -0.15) is 18.4 Å². The minimum atomic E-state index is -4.60. The maximum atomic E-state index is 13.6. The molecular formula is C35H25F3N2O5. The standard InChI is InChI=1S/C35H25F3N2O5/c36-35(37,38)30-6-2-5-29-33(27(18-39)19-40-34(29)30)26-3-1-4-28(17-26)44-20-24-13-9-23(10-14-24)16-32(43)45-21-25-11-7-22(8-12-25)15-31(41)42/h1-14,17,19H,15-16,20-21H2,(H,41,42). The quantitative estimate of drug-likeness (QED) is 0.166. The predicted molar refractivity (Wildman–Crippen MR) is 159 cm³/mol. The van der Waals surface area contributed by atoms with Crippen molar-refractivity contribution in [1.29, 1.82) is 5.26 Å². The van der Waals surface area contributed by atoms with Crippen LogP contribution in [-0.4, -0.2) is 22.0 Å². The van der Waals surface area contributed by atoms with Crippen LogP contribution in [0.4, 0.5) is 13.2 Å². The summed E-state index contributed by atoms with van der Waals surface area (Å²) in [6.45, 7) is 0.262. The fraction of sp³-hybridized carbons (Fsp3) is 0.143. The van der Waals surface area contributed by atoms with Gasteiger partial charge in [-0.05, 0) is 46.0 Å². The van der Waals surface area contributed by atoms with Gasteiger partial charge in [0.1, 0.15) is 25.0 Å². The molecule has 0 bridgehead atoms. The number of para-hydroxylation sites is 1. The van der Waals surface area contributed by atoms with E-state index in [1.54, 1.807) is 60.7 Å². The highest BCUT2D eigenvalue weighted by Gasteiger charge is 2.33. The van der Waals surface area contributed by atoms with E-state index in [-0.39, 0.29) is 42.5 Å². The van der Waals surface area contributed by atoms with Crippen LogP contribution in [0, 0.1) is 11.3 Å². The summed E-state index contributed by atoms with van der Waals surface area (Å²) in [5.41, 5.74) is 2.86. The summed E-state index contributed by atoms with van der Waals surface area (Å²) >= 11 is 0. The van der Waals surface area contributed by atoms with Gasteiger partial charge in [0.25, 0.3) is 0 Å². The van der Waals surface area contributed by atoms with E-state index < -0.39 is 23.7 Å². The summed E-state index contributed by atoms with van der Waals surface area (Å²) in [7, 11) is 0. The van der Waals surface area contributed by atoms with E-state index in [9.17, 15) is 28.0 Å². The Morgan fingerprint density at radius 1 is 0.822 bits per heavy atom. The summed E-state index contributed by atoms with van der Waals surface area (Å²) in [5, 5.41) is 18.8. The van der Waals surface area contributed by atoms with Crippen molar-refractivity contribution in [2.24, 2.45) is 0 Å². The first-order valence-corrected chi connectivity index (χ1v) is 13.8. The number of fused-ring (bicyclic) bond motifs is 1. The van der Waals surface area contributed by atoms with Crippen LogP contribution in [0.2, 0.25) is 0 Å². The molecule has 1 aromatic heterocycles. The second-order valence-electron chi connectivity index (χ2n) is 10.2. The molecule has 7 nitrogen and oxygen atoms in total. The number of rotatable bonds is 10. The molecule has 0 unspecified atom stereocenters. The summed E-state index contributed by atoms with van der Waals surface area (Å²) in [4.78, 5) is 27.1. The van der Waals surface area contributed by atoms with E-state index in [1.165, 1.54) is 12.1 Å². The number of aliphatic carboxylic acids is 1. The first-order chi connectivity index (χ1) is 21.6. The van der Waals surface area contributed by atoms with Crippen LogP contribution in [-0.2, 0) is 46.6 Å². The van der Waals surface area contributed by atoms with Gasteiger partial charge in [-0.3, -0.25) is 14.6 Å². The number of hydrogen-bond acceptors (Lipinski definition) is 6. The number of benzene rings is 4. The number of carboxylic acids is 1. The van der Waals surface area contributed by atoms with E-state index >= 15 is 0 Å². The van der Waals surface area contributed by atoms with Gasteiger partial charge in [0.05, 0.1) is 29.5 Å². The van der Waals surface area contributed by atoms with Crippen molar-refractivity contribution in [2.45, 2.75) is 32.2 Å². The Bertz CT molecular complexity index is 1900. The maximum absolute atomic E-state index is 13.6. The van der Waals surface area contributed by atoms with Crippen molar-refractivity contribution in [3.8, 4) is 22.9 Å². The lowest BCUT2D eigenvalue weighted by Gasteiger charge is -2.14. The molecule has 0 amide bonds. The van der Waals surface area contributed by atoms with Gasteiger partial charge in [-0.15, -0.1) is 0 Å². The molecule has 10 heteroatoms. The van der Waals surface area contributed by atoms with Crippen LogP contribution in [0.3, 0.4) is 0 Å². The molecule has 1 heterocycles. The van der Waals surface area contributed by atoms with Crippen LogP contribution in [0.1, 0.15) is 33.4 Å². The largest absolute Gasteiger partial charge is 0.489 e. The van der Waals surface area contributed by atoms with Crippen molar-refractivity contribution in [1.82, 2.24) is 4.98 Å².